The number of aryl methyl sites for hydroxylation is 2. The average Bonchev–Trinajstić information content (AvgIpc) is 2.56. The van der Waals surface area contributed by atoms with Gasteiger partial charge in [-0.1, -0.05) is 64.2 Å². The molecule has 0 aliphatic carbocycles. The molecule has 1 rings (SSSR count). The first-order valence-electron chi connectivity index (χ1n) is 9.13. The van der Waals surface area contributed by atoms with Crippen LogP contribution < -0.4 is 0 Å². The van der Waals surface area contributed by atoms with E-state index in [0.29, 0.717) is 0 Å². The summed E-state index contributed by atoms with van der Waals surface area (Å²) in [4.78, 5) is 0. The van der Waals surface area contributed by atoms with E-state index >= 15 is 0 Å². The molecule has 1 N–H and O–H groups in total. The molecule has 0 aliphatic rings. The van der Waals surface area contributed by atoms with Gasteiger partial charge in [0.05, 0.1) is 0 Å². The predicted molar refractivity (Wildman–Crippen MR) is 109 cm³/mol. The molecule has 0 spiro atoms. The molecule has 0 saturated carbocycles. The van der Waals surface area contributed by atoms with Crippen molar-refractivity contribution >= 4 is 22.6 Å². The van der Waals surface area contributed by atoms with Crippen LogP contribution in [0.1, 0.15) is 81.9 Å². The van der Waals surface area contributed by atoms with Gasteiger partial charge in [-0.3, -0.25) is 0 Å². The molecule has 1 aromatic rings. The molecule has 0 fully saturated rings. The lowest BCUT2D eigenvalue weighted by molar-refractivity contribution is 0.350. The third-order valence-electron chi connectivity index (χ3n) is 4.17. The number of aliphatic hydroxyl groups excluding tert-OH is 1. The van der Waals surface area contributed by atoms with Gasteiger partial charge in [-0.05, 0) is 71.5 Å². The Bertz CT molecular complexity index is 511. The maximum atomic E-state index is 9.01. The smallest absolute Gasteiger partial charge is 0.104 e. The number of halogens is 1. The van der Waals surface area contributed by atoms with Crippen molar-refractivity contribution in [2.24, 2.45) is 0 Å². The van der Waals surface area contributed by atoms with Crippen LogP contribution in [0.5, 0.6) is 0 Å². The second-order valence-corrected chi connectivity index (χ2v) is 7.34. The first-order valence-corrected chi connectivity index (χ1v) is 10.2. The van der Waals surface area contributed by atoms with E-state index in [1.807, 2.05) is 0 Å². The maximum absolute atomic E-state index is 9.01. The molecule has 0 saturated heterocycles. The van der Waals surface area contributed by atoms with E-state index in [2.05, 4.69) is 60.4 Å². The number of hydrogen-bond acceptors (Lipinski definition) is 1. The summed E-state index contributed by atoms with van der Waals surface area (Å²) in [7, 11) is 0. The minimum atomic E-state index is -0.0624. The Balaban J connectivity index is 2.81. The minimum absolute atomic E-state index is 0.0624. The van der Waals surface area contributed by atoms with Gasteiger partial charge in [-0.2, -0.15) is 0 Å². The van der Waals surface area contributed by atoms with Crippen molar-refractivity contribution in [3.63, 3.8) is 0 Å². The fraction of sp³-hybridized carbons (Fsp3) is 0.619. The van der Waals surface area contributed by atoms with E-state index in [1.54, 1.807) is 0 Å². The highest BCUT2D eigenvalue weighted by molar-refractivity contribution is 14.1. The van der Waals surface area contributed by atoms with Crippen molar-refractivity contribution in [2.75, 3.05) is 6.61 Å². The standard InChI is InChI=1S/C21H31IO/c1-3-5-7-9-12-19-17-21(22)20(13-10-8-6-4-2)16-18(19)14-11-15-23/h16-17,23H,3-10,12-13,15H2,1-2H3. The van der Waals surface area contributed by atoms with Gasteiger partial charge in [-0.25, -0.2) is 0 Å². The van der Waals surface area contributed by atoms with Crippen LogP contribution in [-0.4, -0.2) is 11.7 Å². The van der Waals surface area contributed by atoms with Crippen LogP contribution in [0, 0.1) is 15.4 Å². The van der Waals surface area contributed by atoms with E-state index < -0.39 is 0 Å². The fourth-order valence-electron chi connectivity index (χ4n) is 2.79. The summed E-state index contributed by atoms with van der Waals surface area (Å²) in [6.45, 7) is 4.43. The molecular formula is C21H31IO. The Labute approximate surface area is 156 Å². The molecule has 0 aliphatic heterocycles. The van der Waals surface area contributed by atoms with E-state index in [9.17, 15) is 0 Å². The first-order chi connectivity index (χ1) is 11.2. The molecular weight excluding hydrogens is 395 g/mol. The van der Waals surface area contributed by atoms with Gasteiger partial charge in [0, 0.05) is 9.13 Å². The first kappa shape index (κ1) is 20.5. The second-order valence-electron chi connectivity index (χ2n) is 6.18. The Morgan fingerprint density at radius 1 is 0.870 bits per heavy atom. The highest BCUT2D eigenvalue weighted by atomic mass is 127. The topological polar surface area (TPSA) is 20.2 Å². The Morgan fingerprint density at radius 2 is 1.48 bits per heavy atom. The molecule has 0 radical (unpaired) electrons. The van der Waals surface area contributed by atoms with E-state index in [-0.39, 0.29) is 6.61 Å². The minimum Gasteiger partial charge on any atom is -0.384 e. The molecule has 0 heterocycles. The summed E-state index contributed by atoms with van der Waals surface area (Å²) in [5, 5.41) is 9.01. The van der Waals surface area contributed by atoms with Crippen LogP contribution in [0.15, 0.2) is 12.1 Å². The third-order valence-corrected chi connectivity index (χ3v) is 5.18. The van der Waals surface area contributed by atoms with Crippen LogP contribution in [0.4, 0.5) is 0 Å². The quantitative estimate of drug-likeness (QED) is 0.281. The van der Waals surface area contributed by atoms with Crippen molar-refractivity contribution in [3.8, 4) is 11.8 Å². The summed E-state index contributed by atoms with van der Waals surface area (Å²) in [6.07, 6.45) is 12.5. The predicted octanol–water partition coefficient (Wildman–Crippen LogP) is 5.88. The largest absolute Gasteiger partial charge is 0.384 e. The molecule has 0 amide bonds. The molecule has 1 aromatic carbocycles. The average molecular weight is 426 g/mol. The van der Waals surface area contributed by atoms with Crippen LogP contribution in [-0.2, 0) is 12.8 Å². The molecule has 0 atom stereocenters. The lowest BCUT2D eigenvalue weighted by Gasteiger charge is -2.11. The zero-order valence-corrected chi connectivity index (χ0v) is 16.9. The van der Waals surface area contributed by atoms with E-state index in [4.69, 9.17) is 5.11 Å². The second kappa shape index (κ2) is 12.8. The summed E-state index contributed by atoms with van der Waals surface area (Å²) in [5.41, 5.74) is 3.89. The zero-order chi connectivity index (χ0) is 16.9. The van der Waals surface area contributed by atoms with Crippen molar-refractivity contribution in [1.29, 1.82) is 0 Å². The van der Waals surface area contributed by atoms with Crippen molar-refractivity contribution in [2.45, 2.75) is 78.1 Å². The molecule has 0 aromatic heterocycles. The van der Waals surface area contributed by atoms with Crippen LogP contribution in [0.3, 0.4) is 0 Å². The molecule has 1 nitrogen and oxygen atoms in total. The van der Waals surface area contributed by atoms with Gasteiger partial charge >= 0.3 is 0 Å². The normalized spacial score (nSPS) is 10.4. The Morgan fingerprint density at radius 3 is 2.04 bits per heavy atom. The van der Waals surface area contributed by atoms with E-state index in [0.717, 1.165) is 18.4 Å². The van der Waals surface area contributed by atoms with Gasteiger partial charge in [0.25, 0.3) is 0 Å². The Kier molecular flexibility index (Phi) is 11.5. The molecule has 0 unspecified atom stereocenters. The highest BCUT2D eigenvalue weighted by Crippen LogP contribution is 2.22. The van der Waals surface area contributed by atoms with Crippen LogP contribution >= 0.6 is 22.6 Å². The molecule has 2 heteroatoms. The number of aliphatic hydroxyl groups is 1. The van der Waals surface area contributed by atoms with Gasteiger partial charge in [-0.15, -0.1) is 0 Å². The third kappa shape index (κ3) is 8.22. The maximum Gasteiger partial charge on any atom is 0.104 e. The van der Waals surface area contributed by atoms with Crippen molar-refractivity contribution in [3.05, 3.63) is 32.4 Å². The van der Waals surface area contributed by atoms with Gasteiger partial charge < -0.3 is 5.11 Å². The van der Waals surface area contributed by atoms with Gasteiger partial charge in [0.1, 0.15) is 6.61 Å². The number of rotatable bonds is 10. The Hall–Kier alpha value is -0.530. The van der Waals surface area contributed by atoms with Crippen molar-refractivity contribution in [1.82, 2.24) is 0 Å². The highest BCUT2D eigenvalue weighted by Gasteiger charge is 2.07. The van der Waals surface area contributed by atoms with Gasteiger partial charge in [0.2, 0.25) is 0 Å². The number of unbranched alkanes of at least 4 members (excludes halogenated alkanes) is 6. The number of hydrogen-bond donors (Lipinski definition) is 1. The monoisotopic (exact) mass is 426 g/mol. The molecule has 0 bridgehead atoms. The SMILES string of the molecule is CCCCCCc1cc(C#CCO)c(CCCCCC)cc1I. The van der Waals surface area contributed by atoms with E-state index in [1.165, 1.54) is 66.1 Å². The summed E-state index contributed by atoms with van der Waals surface area (Å²) in [6, 6.07) is 4.59. The fourth-order valence-corrected chi connectivity index (χ4v) is 3.59. The molecule has 23 heavy (non-hydrogen) atoms. The summed E-state index contributed by atoms with van der Waals surface area (Å²) in [5.74, 6) is 6.00. The zero-order valence-electron chi connectivity index (χ0n) is 14.8. The lowest BCUT2D eigenvalue weighted by Crippen LogP contribution is -1.98. The summed E-state index contributed by atoms with van der Waals surface area (Å²) < 4.78 is 1.37. The van der Waals surface area contributed by atoms with Crippen LogP contribution in [0.2, 0.25) is 0 Å². The van der Waals surface area contributed by atoms with Crippen molar-refractivity contribution < 1.29 is 5.11 Å². The molecule has 128 valence electrons. The summed E-state index contributed by atoms with van der Waals surface area (Å²) >= 11 is 2.47. The van der Waals surface area contributed by atoms with Gasteiger partial charge in [0.15, 0.2) is 0 Å². The van der Waals surface area contributed by atoms with Crippen LogP contribution in [0.25, 0.3) is 0 Å². The number of benzene rings is 1. The lowest BCUT2D eigenvalue weighted by atomic mass is 9.96.